The van der Waals surface area contributed by atoms with Gasteiger partial charge in [-0.05, 0) is 32.8 Å². The zero-order valence-electron chi connectivity index (χ0n) is 20.1. The summed E-state index contributed by atoms with van der Waals surface area (Å²) in [5, 5.41) is 10.2. The molecule has 1 heterocycles. The van der Waals surface area contributed by atoms with Gasteiger partial charge >= 0.3 is 12.2 Å². The number of hydrogen-bond acceptors (Lipinski definition) is 6. The molecule has 0 saturated carbocycles. The van der Waals surface area contributed by atoms with E-state index in [1.807, 2.05) is 19.1 Å². The summed E-state index contributed by atoms with van der Waals surface area (Å²) in [5.74, 6) is -0.632. The monoisotopic (exact) mass is 476 g/mol. The summed E-state index contributed by atoms with van der Waals surface area (Å²) in [7, 11) is 0. The van der Waals surface area contributed by atoms with Gasteiger partial charge in [-0.15, -0.1) is 0 Å². The third-order valence-electron chi connectivity index (χ3n) is 5.12. The smallest absolute Gasteiger partial charge is 0.429 e. The largest absolute Gasteiger partial charge is 0.443 e. The summed E-state index contributed by atoms with van der Waals surface area (Å²) in [5.41, 5.74) is 2.20. The van der Waals surface area contributed by atoms with Gasteiger partial charge in [-0.25, -0.2) is 24.4 Å². The van der Waals surface area contributed by atoms with Crippen LogP contribution in [0.3, 0.4) is 0 Å². The number of nitrogens with zero attached hydrogens (tertiary/aromatic N) is 3. The van der Waals surface area contributed by atoms with E-state index in [1.54, 1.807) is 45.0 Å². The summed E-state index contributed by atoms with van der Waals surface area (Å²) < 4.78 is 24.7. The van der Waals surface area contributed by atoms with Crippen LogP contribution < -0.4 is 5.43 Å². The number of carbonyl (C=O) groups is 3. The SMILES string of the molecule is CCCC[C@@H](C(=O)N1C[C@@H](F)C[C@H]1C#N)N(NC(=O)OC(C)(C)C)C(=O)OCc1ccccc1. The number of nitriles is 1. The molecule has 3 atom stereocenters. The summed E-state index contributed by atoms with van der Waals surface area (Å²) in [6.07, 6.45) is -1.92. The Balaban J connectivity index is 2.31. The molecule has 0 radical (unpaired) electrons. The van der Waals surface area contributed by atoms with Crippen molar-refractivity contribution in [3.05, 3.63) is 35.9 Å². The minimum absolute atomic E-state index is 0.0854. The predicted molar refractivity (Wildman–Crippen MR) is 122 cm³/mol. The topological polar surface area (TPSA) is 112 Å². The van der Waals surface area contributed by atoms with Crippen molar-refractivity contribution in [3.8, 4) is 6.07 Å². The van der Waals surface area contributed by atoms with Crippen molar-refractivity contribution in [2.75, 3.05) is 6.54 Å². The molecule has 1 saturated heterocycles. The maximum atomic E-state index is 14.0. The number of halogens is 1. The summed E-state index contributed by atoms with van der Waals surface area (Å²) in [4.78, 5) is 40.1. The molecule has 2 rings (SSSR count). The standard InChI is InChI=1S/C24H33FN4O5/c1-5-6-12-20(21(30)28-15-18(25)13-19(28)14-26)29(27-22(31)34-24(2,3)4)23(32)33-16-17-10-8-7-9-11-17/h7-11,18-20H,5-6,12-13,15-16H2,1-4H3,(H,27,31)/t18-,19-,20-/m0/s1. The number of unbranched alkanes of at least 4 members (excludes halogenated alkanes) is 1. The van der Waals surface area contributed by atoms with Gasteiger partial charge in [0.05, 0.1) is 12.6 Å². The lowest BCUT2D eigenvalue weighted by Crippen LogP contribution is -2.59. The minimum atomic E-state index is -1.34. The van der Waals surface area contributed by atoms with Crippen LogP contribution in [0.5, 0.6) is 0 Å². The van der Waals surface area contributed by atoms with E-state index in [-0.39, 0.29) is 26.0 Å². The molecule has 0 aliphatic carbocycles. The van der Waals surface area contributed by atoms with Crippen molar-refractivity contribution in [2.45, 2.75) is 83.8 Å². The van der Waals surface area contributed by atoms with E-state index < -0.39 is 42.0 Å². The summed E-state index contributed by atoms with van der Waals surface area (Å²) in [6.45, 7) is 6.55. The average molecular weight is 477 g/mol. The molecule has 1 aromatic carbocycles. The second kappa shape index (κ2) is 12.2. The number of alkyl halides is 1. The summed E-state index contributed by atoms with van der Waals surface area (Å²) >= 11 is 0. The maximum absolute atomic E-state index is 14.0. The van der Waals surface area contributed by atoms with Crippen molar-refractivity contribution in [3.63, 3.8) is 0 Å². The Labute approximate surface area is 199 Å². The first-order chi connectivity index (χ1) is 16.1. The molecule has 1 fully saturated rings. The van der Waals surface area contributed by atoms with E-state index in [2.05, 4.69) is 5.43 Å². The lowest BCUT2D eigenvalue weighted by Gasteiger charge is -2.34. The van der Waals surface area contributed by atoms with Gasteiger partial charge in [-0.2, -0.15) is 5.26 Å². The molecule has 9 nitrogen and oxygen atoms in total. The number of carbonyl (C=O) groups excluding carboxylic acids is 3. The van der Waals surface area contributed by atoms with Crippen molar-refractivity contribution >= 4 is 18.1 Å². The lowest BCUT2D eigenvalue weighted by molar-refractivity contribution is -0.138. The quantitative estimate of drug-likeness (QED) is 0.594. The number of nitrogens with one attached hydrogen (secondary N) is 1. The third kappa shape index (κ3) is 7.90. The molecule has 1 aliphatic heterocycles. The zero-order chi connectivity index (χ0) is 25.3. The fourth-order valence-corrected chi connectivity index (χ4v) is 3.54. The maximum Gasteiger partial charge on any atom is 0.429 e. The van der Waals surface area contributed by atoms with Crippen molar-refractivity contribution in [1.82, 2.24) is 15.3 Å². The second-order valence-corrected chi connectivity index (χ2v) is 9.15. The number of hydrogen-bond donors (Lipinski definition) is 1. The molecular weight excluding hydrogens is 443 g/mol. The van der Waals surface area contributed by atoms with Crippen LogP contribution in [0.1, 0.15) is 58.9 Å². The summed E-state index contributed by atoms with van der Waals surface area (Å²) in [6, 6.07) is 8.72. The predicted octanol–water partition coefficient (Wildman–Crippen LogP) is 4.09. The van der Waals surface area contributed by atoms with Gasteiger partial charge in [0.15, 0.2) is 0 Å². The van der Waals surface area contributed by atoms with Gasteiger partial charge in [-0.1, -0.05) is 50.1 Å². The Bertz CT molecular complexity index is 884. The normalized spacial score (nSPS) is 18.5. The molecule has 0 aromatic heterocycles. The highest BCUT2D eigenvalue weighted by Crippen LogP contribution is 2.24. The molecule has 0 unspecified atom stereocenters. The molecule has 0 spiro atoms. The fourth-order valence-electron chi connectivity index (χ4n) is 3.54. The van der Waals surface area contributed by atoms with Crippen LogP contribution in [-0.4, -0.2) is 58.4 Å². The van der Waals surface area contributed by atoms with Crippen LogP contribution in [0.4, 0.5) is 14.0 Å². The van der Waals surface area contributed by atoms with E-state index in [4.69, 9.17) is 9.47 Å². The van der Waals surface area contributed by atoms with Crippen LogP contribution in [-0.2, 0) is 20.9 Å². The van der Waals surface area contributed by atoms with Gasteiger partial charge in [0.25, 0.3) is 0 Å². The number of likely N-dealkylation sites (tertiary alicyclic amines) is 1. The van der Waals surface area contributed by atoms with Crippen LogP contribution in [0.15, 0.2) is 30.3 Å². The Morgan fingerprint density at radius 2 is 1.97 bits per heavy atom. The molecule has 3 amide bonds. The number of hydrazine groups is 1. The zero-order valence-corrected chi connectivity index (χ0v) is 20.1. The number of amides is 3. The van der Waals surface area contributed by atoms with Gasteiger partial charge in [-0.3, -0.25) is 4.79 Å². The third-order valence-corrected chi connectivity index (χ3v) is 5.12. The Morgan fingerprint density at radius 1 is 1.29 bits per heavy atom. The van der Waals surface area contributed by atoms with E-state index in [0.29, 0.717) is 18.4 Å². The Kier molecular flexibility index (Phi) is 9.66. The molecule has 186 valence electrons. The van der Waals surface area contributed by atoms with E-state index >= 15 is 0 Å². The average Bonchev–Trinajstić information content (AvgIpc) is 3.16. The number of ether oxygens (including phenoxy) is 2. The highest BCUT2D eigenvalue weighted by Gasteiger charge is 2.42. The highest BCUT2D eigenvalue weighted by molar-refractivity contribution is 5.87. The van der Waals surface area contributed by atoms with Crippen molar-refractivity contribution in [2.24, 2.45) is 0 Å². The van der Waals surface area contributed by atoms with Gasteiger partial charge in [0.2, 0.25) is 5.91 Å². The number of rotatable bonds is 7. The molecule has 1 N–H and O–H groups in total. The van der Waals surface area contributed by atoms with Gasteiger partial charge < -0.3 is 14.4 Å². The first-order valence-electron chi connectivity index (χ1n) is 11.4. The lowest BCUT2D eigenvalue weighted by atomic mass is 10.1. The van der Waals surface area contributed by atoms with Crippen molar-refractivity contribution in [1.29, 1.82) is 5.26 Å². The first kappa shape index (κ1) is 26.9. The second-order valence-electron chi connectivity index (χ2n) is 9.15. The molecule has 10 heteroatoms. The Morgan fingerprint density at radius 3 is 2.56 bits per heavy atom. The molecular formula is C24H33FN4O5. The molecule has 1 aromatic rings. The minimum Gasteiger partial charge on any atom is -0.443 e. The Hall–Kier alpha value is -3.35. The first-order valence-corrected chi connectivity index (χ1v) is 11.4. The van der Waals surface area contributed by atoms with Crippen LogP contribution >= 0.6 is 0 Å². The fraction of sp³-hybridized carbons (Fsp3) is 0.583. The molecule has 1 aliphatic rings. The molecule has 0 bridgehead atoms. The van der Waals surface area contributed by atoms with E-state index in [1.165, 1.54) is 0 Å². The number of benzene rings is 1. The van der Waals surface area contributed by atoms with Crippen molar-refractivity contribution < 1.29 is 28.2 Å². The van der Waals surface area contributed by atoms with Crippen LogP contribution in [0, 0.1) is 11.3 Å². The van der Waals surface area contributed by atoms with Crippen LogP contribution in [0.2, 0.25) is 0 Å². The molecule has 34 heavy (non-hydrogen) atoms. The van der Waals surface area contributed by atoms with Gasteiger partial charge in [0.1, 0.15) is 30.5 Å². The highest BCUT2D eigenvalue weighted by atomic mass is 19.1. The van der Waals surface area contributed by atoms with Gasteiger partial charge in [0, 0.05) is 6.42 Å². The van der Waals surface area contributed by atoms with E-state index in [0.717, 1.165) is 9.91 Å². The van der Waals surface area contributed by atoms with Crippen LogP contribution in [0.25, 0.3) is 0 Å². The van der Waals surface area contributed by atoms with E-state index in [9.17, 15) is 24.0 Å².